The molecule has 1 N–H and O–H groups in total. The number of piperidine rings is 1. The normalized spacial score (nSPS) is 21.3. The van der Waals surface area contributed by atoms with Crippen LogP contribution < -0.4 is 5.32 Å². The number of hydrogen-bond acceptors (Lipinski definition) is 4. The van der Waals surface area contributed by atoms with Gasteiger partial charge in [0.25, 0.3) is 5.91 Å². The second-order valence-corrected chi connectivity index (χ2v) is 7.41. The van der Waals surface area contributed by atoms with E-state index in [0.29, 0.717) is 13.2 Å². The summed E-state index contributed by atoms with van der Waals surface area (Å²) >= 11 is 1.39. The molecule has 0 aromatic carbocycles. The Kier molecular flexibility index (Phi) is 5.02. The van der Waals surface area contributed by atoms with Crippen molar-refractivity contribution in [3.8, 4) is 0 Å². The summed E-state index contributed by atoms with van der Waals surface area (Å²) in [6.07, 6.45) is 4.10. The fourth-order valence-corrected chi connectivity index (χ4v) is 4.01. The maximum absolute atomic E-state index is 12.8. The van der Waals surface area contributed by atoms with Crippen LogP contribution in [0.15, 0.2) is 6.07 Å². The predicted molar refractivity (Wildman–Crippen MR) is 91.0 cm³/mol. The molecule has 1 saturated carbocycles. The highest BCUT2D eigenvalue weighted by molar-refractivity contribution is 7.18. The summed E-state index contributed by atoms with van der Waals surface area (Å²) in [5, 5.41) is 3.71. The molecule has 1 atom stereocenters. The molecule has 2 amide bonds. The van der Waals surface area contributed by atoms with Crippen LogP contribution >= 0.6 is 11.3 Å². The Bertz CT molecular complexity index is 593. The van der Waals surface area contributed by atoms with Gasteiger partial charge < -0.3 is 15.0 Å². The van der Waals surface area contributed by atoms with Crippen molar-refractivity contribution in [1.29, 1.82) is 0 Å². The second-order valence-electron chi connectivity index (χ2n) is 6.36. The molecule has 0 spiro atoms. The first kappa shape index (κ1) is 16.5. The molecular formula is C17H24N2O3S. The van der Waals surface area contributed by atoms with Crippen molar-refractivity contribution in [2.45, 2.75) is 45.6 Å². The first-order chi connectivity index (χ1) is 11.1. The third-order valence-corrected chi connectivity index (χ3v) is 5.51. The van der Waals surface area contributed by atoms with Crippen molar-refractivity contribution in [2.24, 2.45) is 5.92 Å². The van der Waals surface area contributed by atoms with Gasteiger partial charge in [0.15, 0.2) is 0 Å². The smallest absolute Gasteiger partial charge is 0.264 e. The average molecular weight is 336 g/mol. The van der Waals surface area contributed by atoms with Crippen LogP contribution in [0.3, 0.4) is 0 Å². The lowest BCUT2D eigenvalue weighted by Gasteiger charge is -2.32. The van der Waals surface area contributed by atoms with Gasteiger partial charge >= 0.3 is 0 Å². The number of thiophene rings is 1. The maximum Gasteiger partial charge on any atom is 0.264 e. The Labute approximate surface area is 141 Å². The number of aryl methyl sites for hydroxylation is 1. The van der Waals surface area contributed by atoms with Crippen LogP contribution in [0.2, 0.25) is 0 Å². The van der Waals surface area contributed by atoms with Crippen LogP contribution in [-0.4, -0.2) is 42.5 Å². The summed E-state index contributed by atoms with van der Waals surface area (Å²) < 4.78 is 5.67. The van der Waals surface area contributed by atoms with Gasteiger partial charge in [0.2, 0.25) is 5.91 Å². The zero-order valence-corrected chi connectivity index (χ0v) is 14.6. The SMILES string of the molecule is CCOC1CCCN(C(=O)c2sc(NC(=O)C3CC3)cc2C)C1. The summed E-state index contributed by atoms with van der Waals surface area (Å²) in [5.74, 6) is 0.314. The first-order valence-corrected chi connectivity index (χ1v) is 9.22. The van der Waals surface area contributed by atoms with Crippen LogP contribution in [0.1, 0.15) is 47.8 Å². The molecule has 126 valence electrons. The minimum absolute atomic E-state index is 0.0591. The summed E-state index contributed by atoms with van der Waals surface area (Å²) in [7, 11) is 0. The largest absolute Gasteiger partial charge is 0.377 e. The van der Waals surface area contributed by atoms with Crippen molar-refractivity contribution < 1.29 is 14.3 Å². The molecule has 1 aromatic heterocycles. The van der Waals surface area contributed by atoms with Crippen molar-refractivity contribution in [3.05, 3.63) is 16.5 Å². The Morgan fingerprint density at radius 2 is 2.17 bits per heavy atom. The van der Waals surface area contributed by atoms with Gasteiger partial charge in [-0.3, -0.25) is 9.59 Å². The van der Waals surface area contributed by atoms with Crippen molar-refractivity contribution in [1.82, 2.24) is 4.90 Å². The molecule has 3 rings (SSSR count). The summed E-state index contributed by atoms with van der Waals surface area (Å²) in [6, 6.07) is 1.90. The van der Waals surface area contributed by atoms with E-state index in [1.165, 1.54) is 11.3 Å². The molecule has 6 heteroatoms. The van der Waals surface area contributed by atoms with E-state index < -0.39 is 0 Å². The second kappa shape index (κ2) is 7.01. The lowest BCUT2D eigenvalue weighted by atomic mass is 10.1. The summed E-state index contributed by atoms with van der Waals surface area (Å²) in [4.78, 5) is 27.3. The lowest BCUT2D eigenvalue weighted by molar-refractivity contribution is -0.117. The number of amides is 2. The van der Waals surface area contributed by atoms with Crippen LogP contribution in [0.5, 0.6) is 0 Å². The van der Waals surface area contributed by atoms with E-state index in [-0.39, 0.29) is 23.8 Å². The molecule has 2 fully saturated rings. The monoisotopic (exact) mass is 336 g/mol. The molecule has 23 heavy (non-hydrogen) atoms. The predicted octanol–water partition coefficient (Wildman–Crippen LogP) is 3.05. The number of carbonyl (C=O) groups excluding carboxylic acids is 2. The third-order valence-electron chi connectivity index (χ3n) is 4.37. The summed E-state index contributed by atoms with van der Waals surface area (Å²) in [6.45, 7) is 6.04. The van der Waals surface area contributed by atoms with Gasteiger partial charge in [-0.25, -0.2) is 0 Å². The van der Waals surface area contributed by atoms with Crippen LogP contribution in [-0.2, 0) is 9.53 Å². The fourth-order valence-electron chi connectivity index (χ4n) is 2.96. The molecule has 1 saturated heterocycles. The zero-order chi connectivity index (χ0) is 16.4. The van der Waals surface area contributed by atoms with E-state index in [2.05, 4.69) is 5.32 Å². The van der Waals surface area contributed by atoms with Crippen LogP contribution in [0.25, 0.3) is 0 Å². The van der Waals surface area contributed by atoms with E-state index in [0.717, 1.165) is 47.7 Å². The molecule has 5 nitrogen and oxygen atoms in total. The van der Waals surface area contributed by atoms with E-state index in [9.17, 15) is 9.59 Å². The highest BCUT2D eigenvalue weighted by Crippen LogP contribution is 2.33. The minimum Gasteiger partial charge on any atom is -0.377 e. The van der Waals surface area contributed by atoms with E-state index >= 15 is 0 Å². The number of carbonyl (C=O) groups is 2. The zero-order valence-electron chi connectivity index (χ0n) is 13.8. The van der Waals surface area contributed by atoms with Gasteiger partial charge in [0.05, 0.1) is 16.0 Å². The number of rotatable bonds is 5. The van der Waals surface area contributed by atoms with Gasteiger partial charge in [0.1, 0.15) is 0 Å². The molecule has 0 radical (unpaired) electrons. The van der Waals surface area contributed by atoms with Gasteiger partial charge in [-0.05, 0) is 51.2 Å². The number of ether oxygens (including phenoxy) is 1. The molecule has 1 aliphatic carbocycles. The van der Waals surface area contributed by atoms with E-state index in [1.54, 1.807) is 0 Å². The average Bonchev–Trinajstić information content (AvgIpc) is 3.32. The summed E-state index contributed by atoms with van der Waals surface area (Å²) in [5.41, 5.74) is 0.935. The topological polar surface area (TPSA) is 58.6 Å². The molecule has 0 bridgehead atoms. The highest BCUT2D eigenvalue weighted by atomic mass is 32.1. The van der Waals surface area contributed by atoms with Crippen LogP contribution in [0.4, 0.5) is 5.00 Å². The van der Waals surface area contributed by atoms with Crippen molar-refractivity contribution in [2.75, 3.05) is 25.0 Å². The number of hydrogen-bond donors (Lipinski definition) is 1. The molecule has 2 heterocycles. The van der Waals surface area contributed by atoms with E-state index in [1.807, 2.05) is 24.8 Å². The third kappa shape index (κ3) is 3.93. The highest BCUT2D eigenvalue weighted by Gasteiger charge is 2.31. The quantitative estimate of drug-likeness (QED) is 0.899. The van der Waals surface area contributed by atoms with Gasteiger partial charge in [-0.15, -0.1) is 11.3 Å². The molecule has 2 aliphatic rings. The number of nitrogens with zero attached hydrogens (tertiary/aromatic N) is 1. The Morgan fingerprint density at radius 1 is 1.39 bits per heavy atom. The van der Waals surface area contributed by atoms with Gasteiger partial charge in [0, 0.05) is 25.6 Å². The Morgan fingerprint density at radius 3 is 2.87 bits per heavy atom. The van der Waals surface area contributed by atoms with Gasteiger partial charge in [-0.2, -0.15) is 0 Å². The lowest BCUT2D eigenvalue weighted by Crippen LogP contribution is -2.43. The number of likely N-dealkylation sites (tertiary alicyclic amines) is 1. The minimum atomic E-state index is 0.0591. The molecule has 1 aliphatic heterocycles. The first-order valence-electron chi connectivity index (χ1n) is 8.40. The van der Waals surface area contributed by atoms with Crippen molar-refractivity contribution in [3.63, 3.8) is 0 Å². The van der Waals surface area contributed by atoms with Crippen LogP contribution in [0, 0.1) is 12.8 Å². The van der Waals surface area contributed by atoms with Crippen molar-refractivity contribution >= 4 is 28.2 Å². The van der Waals surface area contributed by atoms with Gasteiger partial charge in [-0.1, -0.05) is 0 Å². The Balaban J connectivity index is 1.66. The number of nitrogens with one attached hydrogen (secondary N) is 1. The molecule has 1 unspecified atom stereocenters. The number of anilines is 1. The standard InChI is InChI=1S/C17H24N2O3S/c1-3-22-13-5-4-8-19(10-13)17(21)15-11(2)9-14(23-15)18-16(20)12-6-7-12/h9,12-13H,3-8,10H2,1-2H3,(H,18,20). The maximum atomic E-state index is 12.8. The molecular weight excluding hydrogens is 312 g/mol. The fraction of sp³-hybridized carbons (Fsp3) is 0.647. The van der Waals surface area contributed by atoms with E-state index in [4.69, 9.17) is 4.74 Å². The Hall–Kier alpha value is -1.40. The molecule has 1 aromatic rings.